The molecule has 0 spiro atoms. The molecular weight excluding hydrogens is 276 g/mol. The van der Waals surface area contributed by atoms with E-state index in [2.05, 4.69) is 34.7 Å². The zero-order chi connectivity index (χ0) is 12.5. The number of rotatable bonds is 5. The van der Waals surface area contributed by atoms with Crippen molar-refractivity contribution < 1.29 is 5.11 Å². The van der Waals surface area contributed by atoms with E-state index in [1.165, 1.54) is 19.3 Å². The smallest absolute Gasteiger partial charge is 0.140 e. The summed E-state index contributed by atoms with van der Waals surface area (Å²) in [6, 6.07) is 7.64. The molecule has 0 saturated carbocycles. The summed E-state index contributed by atoms with van der Waals surface area (Å²) in [5.74, 6) is 5.93. The summed E-state index contributed by atoms with van der Waals surface area (Å²) >= 11 is 3.38. The van der Waals surface area contributed by atoms with E-state index in [1.807, 2.05) is 24.3 Å². The van der Waals surface area contributed by atoms with Crippen LogP contribution in [0.4, 0.5) is 0 Å². The van der Waals surface area contributed by atoms with Crippen LogP contribution in [0.2, 0.25) is 0 Å². The van der Waals surface area contributed by atoms with Gasteiger partial charge in [0.2, 0.25) is 0 Å². The van der Waals surface area contributed by atoms with Crippen LogP contribution in [0.25, 0.3) is 0 Å². The molecule has 1 unspecified atom stereocenters. The summed E-state index contributed by atoms with van der Waals surface area (Å²) < 4.78 is 0.971. The van der Waals surface area contributed by atoms with E-state index in [9.17, 15) is 5.11 Å². The van der Waals surface area contributed by atoms with Gasteiger partial charge in [0.1, 0.15) is 6.10 Å². The average Bonchev–Trinajstić information content (AvgIpc) is 2.33. The number of aliphatic hydroxyl groups excluding tert-OH is 1. The average molecular weight is 295 g/mol. The molecule has 1 rings (SSSR count). The van der Waals surface area contributed by atoms with Crippen molar-refractivity contribution in [2.24, 2.45) is 0 Å². The lowest BCUT2D eigenvalue weighted by molar-refractivity contribution is 0.238. The van der Waals surface area contributed by atoms with Crippen LogP contribution in [0, 0.1) is 11.8 Å². The van der Waals surface area contributed by atoms with Crippen LogP contribution in [0.1, 0.15) is 50.7 Å². The number of hydrogen-bond acceptors (Lipinski definition) is 1. The van der Waals surface area contributed by atoms with Crippen molar-refractivity contribution in [3.63, 3.8) is 0 Å². The molecule has 92 valence electrons. The molecule has 1 nitrogen and oxygen atoms in total. The lowest BCUT2D eigenvalue weighted by Crippen LogP contribution is -1.93. The zero-order valence-corrected chi connectivity index (χ0v) is 11.8. The summed E-state index contributed by atoms with van der Waals surface area (Å²) in [6.07, 6.45) is 5.10. The molecule has 2 heteroatoms. The van der Waals surface area contributed by atoms with Crippen LogP contribution >= 0.6 is 15.9 Å². The Balaban J connectivity index is 2.38. The Hall–Kier alpha value is -0.780. The maximum atomic E-state index is 9.85. The van der Waals surface area contributed by atoms with Crippen LogP contribution < -0.4 is 0 Å². The van der Waals surface area contributed by atoms with E-state index < -0.39 is 6.10 Å². The van der Waals surface area contributed by atoms with E-state index in [1.54, 1.807) is 0 Å². The van der Waals surface area contributed by atoms with Crippen LogP contribution in [0.5, 0.6) is 0 Å². The number of unbranched alkanes of at least 4 members (excludes halogenated alkanes) is 4. The summed E-state index contributed by atoms with van der Waals surface area (Å²) in [5, 5.41) is 9.85. The molecule has 0 fully saturated rings. The van der Waals surface area contributed by atoms with Crippen molar-refractivity contribution in [2.45, 2.75) is 45.1 Å². The molecule has 0 saturated heterocycles. The lowest BCUT2D eigenvalue weighted by Gasteiger charge is -2.03. The van der Waals surface area contributed by atoms with Gasteiger partial charge in [-0.25, -0.2) is 0 Å². The zero-order valence-electron chi connectivity index (χ0n) is 10.2. The van der Waals surface area contributed by atoms with Gasteiger partial charge >= 0.3 is 0 Å². The summed E-state index contributed by atoms with van der Waals surface area (Å²) in [7, 11) is 0. The second kappa shape index (κ2) is 8.33. The highest BCUT2D eigenvalue weighted by Crippen LogP contribution is 2.17. The van der Waals surface area contributed by atoms with Gasteiger partial charge in [-0.1, -0.05) is 60.2 Å². The highest BCUT2D eigenvalue weighted by Gasteiger charge is 2.02. The fraction of sp³-hybridized carbons (Fsp3) is 0.467. The quantitative estimate of drug-likeness (QED) is 0.628. The maximum Gasteiger partial charge on any atom is 0.140 e. The molecule has 1 aromatic carbocycles. The summed E-state index contributed by atoms with van der Waals surface area (Å²) in [4.78, 5) is 0. The molecule has 17 heavy (non-hydrogen) atoms. The van der Waals surface area contributed by atoms with Gasteiger partial charge in [0, 0.05) is 10.9 Å². The number of hydrogen-bond donors (Lipinski definition) is 1. The normalized spacial score (nSPS) is 11.7. The van der Waals surface area contributed by atoms with E-state index in [4.69, 9.17) is 0 Å². The molecule has 1 atom stereocenters. The van der Waals surface area contributed by atoms with E-state index >= 15 is 0 Å². The van der Waals surface area contributed by atoms with Gasteiger partial charge in [0.15, 0.2) is 0 Å². The van der Waals surface area contributed by atoms with E-state index in [0.29, 0.717) is 0 Å². The molecule has 0 amide bonds. The molecule has 0 bridgehead atoms. The van der Waals surface area contributed by atoms with Gasteiger partial charge in [-0.05, 0) is 24.1 Å². The second-order valence-corrected chi connectivity index (χ2v) is 5.00. The maximum absolute atomic E-state index is 9.85. The van der Waals surface area contributed by atoms with Crippen LogP contribution in [0.3, 0.4) is 0 Å². The highest BCUT2D eigenvalue weighted by molar-refractivity contribution is 9.10. The number of halogens is 1. The Morgan fingerprint density at radius 1 is 1.29 bits per heavy atom. The topological polar surface area (TPSA) is 20.2 Å². The van der Waals surface area contributed by atoms with Crippen molar-refractivity contribution in [3.8, 4) is 11.8 Å². The molecule has 0 heterocycles. The van der Waals surface area contributed by atoms with Gasteiger partial charge in [-0.15, -0.1) is 5.92 Å². The second-order valence-electron chi connectivity index (χ2n) is 4.09. The lowest BCUT2D eigenvalue weighted by atomic mass is 10.1. The molecule has 0 aliphatic carbocycles. The monoisotopic (exact) mass is 294 g/mol. The van der Waals surface area contributed by atoms with Crippen molar-refractivity contribution >= 4 is 15.9 Å². The molecule has 1 aromatic rings. The highest BCUT2D eigenvalue weighted by atomic mass is 79.9. The van der Waals surface area contributed by atoms with Crippen molar-refractivity contribution in [1.29, 1.82) is 0 Å². The minimum absolute atomic E-state index is 0.668. The first-order valence-corrected chi connectivity index (χ1v) is 6.95. The summed E-state index contributed by atoms with van der Waals surface area (Å²) in [6.45, 7) is 2.20. The third-order valence-electron chi connectivity index (χ3n) is 2.56. The van der Waals surface area contributed by atoms with Crippen molar-refractivity contribution in [3.05, 3.63) is 34.3 Å². The van der Waals surface area contributed by atoms with Gasteiger partial charge in [-0.2, -0.15) is 0 Å². The van der Waals surface area contributed by atoms with Gasteiger partial charge in [0.05, 0.1) is 0 Å². The Bertz CT molecular complexity index is 389. The Labute approximate surface area is 112 Å². The molecule has 1 N–H and O–H groups in total. The largest absolute Gasteiger partial charge is 0.376 e. The fourth-order valence-electron chi connectivity index (χ4n) is 1.57. The third-order valence-corrected chi connectivity index (χ3v) is 3.05. The number of aliphatic hydroxyl groups is 1. The standard InChI is InChI=1S/C15H19BrO/c1-2-3-4-5-6-7-11-15(17)13-9-8-10-14(16)12-13/h8-10,12,15,17H,2-6H2,1H3. The van der Waals surface area contributed by atoms with Gasteiger partial charge in [-0.3, -0.25) is 0 Å². The van der Waals surface area contributed by atoms with E-state index in [0.717, 1.165) is 22.9 Å². The molecular formula is C15H19BrO. The van der Waals surface area contributed by atoms with Gasteiger partial charge < -0.3 is 5.11 Å². The molecule has 0 aliphatic heterocycles. The minimum Gasteiger partial charge on any atom is -0.376 e. The minimum atomic E-state index is -0.668. The Morgan fingerprint density at radius 2 is 2.12 bits per heavy atom. The van der Waals surface area contributed by atoms with Crippen LogP contribution in [-0.2, 0) is 0 Å². The Morgan fingerprint density at radius 3 is 2.82 bits per heavy atom. The van der Waals surface area contributed by atoms with Gasteiger partial charge in [0.25, 0.3) is 0 Å². The Kier molecular flexibility index (Phi) is 7.00. The van der Waals surface area contributed by atoms with Crippen molar-refractivity contribution in [2.75, 3.05) is 0 Å². The first kappa shape index (κ1) is 14.3. The molecule has 0 aliphatic rings. The van der Waals surface area contributed by atoms with E-state index in [-0.39, 0.29) is 0 Å². The first-order valence-electron chi connectivity index (χ1n) is 6.16. The van der Waals surface area contributed by atoms with Crippen molar-refractivity contribution in [1.82, 2.24) is 0 Å². The first-order chi connectivity index (χ1) is 8.24. The number of benzene rings is 1. The summed E-state index contributed by atoms with van der Waals surface area (Å²) in [5.41, 5.74) is 0.848. The predicted octanol–water partition coefficient (Wildman–Crippen LogP) is 4.46. The van der Waals surface area contributed by atoms with Crippen LogP contribution in [0.15, 0.2) is 28.7 Å². The fourth-order valence-corrected chi connectivity index (χ4v) is 1.99. The predicted molar refractivity (Wildman–Crippen MR) is 75.6 cm³/mol. The third kappa shape index (κ3) is 5.91. The molecule has 0 aromatic heterocycles. The SMILES string of the molecule is CCCCCCC#CC(O)c1cccc(Br)c1. The molecule has 0 radical (unpaired) electrons. The van der Waals surface area contributed by atoms with Crippen LogP contribution in [-0.4, -0.2) is 5.11 Å².